The van der Waals surface area contributed by atoms with Crippen molar-refractivity contribution < 1.29 is 18.7 Å². The van der Waals surface area contributed by atoms with E-state index in [0.717, 1.165) is 22.3 Å². The molecule has 1 unspecified atom stereocenters. The van der Waals surface area contributed by atoms with Crippen molar-refractivity contribution in [2.75, 3.05) is 12.0 Å². The molecular formula is C24H18BrN3O5S. The van der Waals surface area contributed by atoms with Crippen molar-refractivity contribution in [1.29, 1.82) is 0 Å². The molecule has 0 bridgehead atoms. The molecule has 1 aliphatic heterocycles. The Morgan fingerprint density at radius 1 is 1.18 bits per heavy atom. The third-order valence-corrected chi connectivity index (χ3v) is 7.08. The fourth-order valence-corrected chi connectivity index (χ4v) is 5.36. The van der Waals surface area contributed by atoms with Gasteiger partial charge in [-0.05, 0) is 42.3 Å². The molecule has 0 saturated carbocycles. The number of fused-ring (bicyclic) bond motifs is 2. The van der Waals surface area contributed by atoms with Gasteiger partial charge < -0.3 is 9.15 Å². The Morgan fingerprint density at radius 2 is 1.94 bits per heavy atom. The summed E-state index contributed by atoms with van der Waals surface area (Å²) in [5.41, 5.74) is 1.25. The summed E-state index contributed by atoms with van der Waals surface area (Å²) in [5, 5.41) is 10.0. The van der Waals surface area contributed by atoms with Gasteiger partial charge in [-0.1, -0.05) is 46.3 Å². The van der Waals surface area contributed by atoms with Gasteiger partial charge >= 0.3 is 5.97 Å². The Labute approximate surface area is 206 Å². The second-order valence-corrected chi connectivity index (χ2v) is 9.69. The Hall–Kier alpha value is -3.37. The molecule has 8 nitrogen and oxygen atoms in total. The van der Waals surface area contributed by atoms with E-state index in [1.807, 2.05) is 6.92 Å². The summed E-state index contributed by atoms with van der Waals surface area (Å²) < 4.78 is 11.5. The number of amides is 1. The Morgan fingerprint density at radius 3 is 2.65 bits per heavy atom. The largest absolute Gasteiger partial charge is 0.465 e. The maximum atomic E-state index is 13.6. The highest BCUT2D eigenvalue weighted by atomic mass is 79.9. The van der Waals surface area contributed by atoms with Gasteiger partial charge in [-0.25, -0.2) is 4.79 Å². The first-order valence-electron chi connectivity index (χ1n) is 10.5. The number of hydrogen-bond donors (Lipinski definition) is 0. The second kappa shape index (κ2) is 8.77. The summed E-state index contributed by atoms with van der Waals surface area (Å²) in [4.78, 5) is 40.6. The zero-order valence-corrected chi connectivity index (χ0v) is 20.6. The van der Waals surface area contributed by atoms with E-state index in [0.29, 0.717) is 27.2 Å². The van der Waals surface area contributed by atoms with Crippen molar-refractivity contribution in [3.05, 3.63) is 84.6 Å². The molecule has 10 heteroatoms. The lowest BCUT2D eigenvalue weighted by Crippen LogP contribution is -2.29. The number of halogens is 1. The zero-order valence-electron chi connectivity index (χ0n) is 18.2. The van der Waals surface area contributed by atoms with Gasteiger partial charge in [0.1, 0.15) is 10.6 Å². The Kier molecular flexibility index (Phi) is 5.78. The lowest BCUT2D eigenvalue weighted by molar-refractivity contribution is 0.0600. The van der Waals surface area contributed by atoms with Crippen molar-refractivity contribution in [3.8, 4) is 0 Å². The Balaban J connectivity index is 1.73. The highest BCUT2D eigenvalue weighted by molar-refractivity contribution is 9.10. The maximum Gasteiger partial charge on any atom is 0.337 e. The standard InChI is InChI=1S/C24H18BrN3O5S/c1-3-4-17-26-27-24(34-17)28-19(12-5-7-13(8-6-12)23(31)32-2)18-20(29)15-11-14(25)9-10-16(15)33-21(18)22(28)30/h5-11,19H,3-4H2,1-2H3. The van der Waals surface area contributed by atoms with Crippen LogP contribution >= 0.6 is 27.3 Å². The van der Waals surface area contributed by atoms with Crippen LogP contribution in [0, 0.1) is 0 Å². The van der Waals surface area contributed by atoms with Gasteiger partial charge in [0.25, 0.3) is 5.91 Å². The van der Waals surface area contributed by atoms with E-state index >= 15 is 0 Å². The second-order valence-electron chi connectivity index (χ2n) is 7.73. The molecular weight excluding hydrogens is 522 g/mol. The van der Waals surface area contributed by atoms with Crippen molar-refractivity contribution in [2.45, 2.75) is 25.8 Å². The van der Waals surface area contributed by atoms with E-state index in [1.165, 1.54) is 23.3 Å². The Bertz CT molecular complexity index is 1500. The first kappa shape index (κ1) is 22.4. The molecule has 0 fully saturated rings. The van der Waals surface area contributed by atoms with E-state index < -0.39 is 17.9 Å². The predicted molar refractivity (Wildman–Crippen MR) is 131 cm³/mol. The molecule has 34 heavy (non-hydrogen) atoms. The van der Waals surface area contributed by atoms with E-state index in [4.69, 9.17) is 9.15 Å². The molecule has 172 valence electrons. The maximum absolute atomic E-state index is 13.6. The van der Waals surface area contributed by atoms with Gasteiger partial charge in [0.05, 0.1) is 29.7 Å². The van der Waals surface area contributed by atoms with E-state index in [2.05, 4.69) is 26.1 Å². The third kappa shape index (κ3) is 3.63. The van der Waals surface area contributed by atoms with Gasteiger partial charge in [-0.3, -0.25) is 14.5 Å². The molecule has 1 aliphatic rings. The average Bonchev–Trinajstić information content (AvgIpc) is 3.42. The molecule has 2 aromatic carbocycles. The lowest BCUT2D eigenvalue weighted by atomic mass is 9.98. The highest BCUT2D eigenvalue weighted by Gasteiger charge is 2.45. The van der Waals surface area contributed by atoms with Crippen LogP contribution in [0.1, 0.15) is 56.4 Å². The lowest BCUT2D eigenvalue weighted by Gasteiger charge is -2.22. The van der Waals surface area contributed by atoms with Crippen molar-refractivity contribution in [2.24, 2.45) is 0 Å². The summed E-state index contributed by atoms with van der Waals surface area (Å²) in [6.45, 7) is 2.04. The van der Waals surface area contributed by atoms with E-state index in [9.17, 15) is 14.4 Å². The molecule has 0 aliphatic carbocycles. The number of hydrogen-bond acceptors (Lipinski definition) is 8. The third-order valence-electron chi connectivity index (χ3n) is 5.61. The smallest absolute Gasteiger partial charge is 0.337 e. The molecule has 0 spiro atoms. The van der Waals surface area contributed by atoms with Crippen molar-refractivity contribution in [3.63, 3.8) is 0 Å². The highest BCUT2D eigenvalue weighted by Crippen LogP contribution is 2.42. The van der Waals surface area contributed by atoms with Crippen LogP contribution in [0.25, 0.3) is 11.0 Å². The molecule has 5 rings (SSSR count). The molecule has 1 atom stereocenters. The van der Waals surface area contributed by atoms with Crippen LogP contribution < -0.4 is 10.3 Å². The number of carbonyl (C=O) groups is 2. The number of esters is 1. The summed E-state index contributed by atoms with van der Waals surface area (Å²) in [6.07, 6.45) is 1.63. The van der Waals surface area contributed by atoms with E-state index in [-0.39, 0.29) is 16.8 Å². The van der Waals surface area contributed by atoms with Gasteiger partial charge in [-0.2, -0.15) is 0 Å². The number of aromatic nitrogens is 2. The number of ether oxygens (including phenoxy) is 1. The van der Waals surface area contributed by atoms with E-state index in [1.54, 1.807) is 42.5 Å². The summed E-state index contributed by atoms with van der Waals surface area (Å²) in [6, 6.07) is 10.9. The minimum absolute atomic E-state index is 0.0193. The van der Waals surface area contributed by atoms with Crippen LogP contribution in [0.4, 0.5) is 5.13 Å². The average molecular weight is 540 g/mol. The molecule has 1 amide bonds. The predicted octanol–water partition coefficient (Wildman–Crippen LogP) is 4.90. The molecule has 4 aromatic rings. The first-order valence-corrected chi connectivity index (χ1v) is 12.1. The summed E-state index contributed by atoms with van der Waals surface area (Å²) >= 11 is 4.70. The molecule has 2 aromatic heterocycles. The van der Waals surface area contributed by atoms with Crippen molar-refractivity contribution in [1.82, 2.24) is 10.2 Å². The van der Waals surface area contributed by atoms with Crippen LogP contribution in [0.15, 0.2) is 56.1 Å². The van der Waals surface area contributed by atoms with Crippen LogP contribution in [0.3, 0.4) is 0 Å². The number of aryl methyl sites for hydroxylation is 1. The number of rotatable bonds is 5. The summed E-state index contributed by atoms with van der Waals surface area (Å²) in [7, 11) is 1.31. The van der Waals surface area contributed by atoms with Gasteiger partial charge in [-0.15, -0.1) is 10.2 Å². The van der Waals surface area contributed by atoms with Crippen LogP contribution in [0.2, 0.25) is 0 Å². The number of benzene rings is 2. The minimum Gasteiger partial charge on any atom is -0.465 e. The fourth-order valence-electron chi connectivity index (χ4n) is 4.03. The number of methoxy groups -OCH3 is 1. The number of carbonyl (C=O) groups excluding carboxylic acids is 2. The zero-order chi connectivity index (χ0) is 24.0. The molecule has 0 N–H and O–H groups in total. The fraction of sp³-hybridized carbons (Fsp3) is 0.208. The van der Waals surface area contributed by atoms with Gasteiger partial charge in [0, 0.05) is 10.9 Å². The van der Waals surface area contributed by atoms with Crippen molar-refractivity contribution >= 4 is 55.2 Å². The number of nitrogens with zero attached hydrogens (tertiary/aromatic N) is 3. The van der Waals surface area contributed by atoms with Crippen LogP contribution in [-0.4, -0.2) is 29.2 Å². The van der Waals surface area contributed by atoms with Gasteiger partial charge in [0.15, 0.2) is 5.43 Å². The topological polar surface area (TPSA) is 103 Å². The first-order chi connectivity index (χ1) is 16.4. The monoisotopic (exact) mass is 539 g/mol. The number of anilines is 1. The van der Waals surface area contributed by atoms with Gasteiger partial charge in [0.2, 0.25) is 10.9 Å². The normalized spacial score (nSPS) is 15.1. The quantitative estimate of drug-likeness (QED) is 0.332. The van der Waals surface area contributed by atoms with Crippen LogP contribution in [0.5, 0.6) is 0 Å². The SMILES string of the molecule is CCCc1nnc(N2C(=O)c3oc4ccc(Br)cc4c(=O)c3C2c2ccc(C(=O)OC)cc2)s1. The molecule has 3 heterocycles. The molecule has 0 saturated heterocycles. The summed E-state index contributed by atoms with van der Waals surface area (Å²) in [5.74, 6) is -0.956. The minimum atomic E-state index is -0.781. The van der Waals surface area contributed by atoms with Crippen LogP contribution in [-0.2, 0) is 11.2 Å². The molecule has 0 radical (unpaired) electrons.